The number of thiophene rings is 1. The molecule has 1 N–H and O–H groups in total. The zero-order valence-corrected chi connectivity index (χ0v) is 8.44. The molecule has 0 fully saturated rings. The summed E-state index contributed by atoms with van der Waals surface area (Å²) in [7, 11) is 0. The van der Waals surface area contributed by atoms with E-state index in [1.54, 1.807) is 6.92 Å². The van der Waals surface area contributed by atoms with E-state index in [0.717, 1.165) is 21.8 Å². The molecule has 0 saturated carbocycles. The van der Waals surface area contributed by atoms with E-state index in [1.807, 2.05) is 30.3 Å². The van der Waals surface area contributed by atoms with Crippen LogP contribution in [0.15, 0.2) is 30.3 Å². The first-order valence-electron chi connectivity index (χ1n) is 4.23. The zero-order chi connectivity index (χ0) is 10.1. The van der Waals surface area contributed by atoms with Crippen LogP contribution in [0.3, 0.4) is 0 Å². The summed E-state index contributed by atoms with van der Waals surface area (Å²) in [5, 5.41) is 8.81. The molecule has 0 aliphatic carbocycles. The largest absolute Gasteiger partial charge is 0.504 e. The molecule has 1 aromatic carbocycles. The Morgan fingerprint density at radius 1 is 1.21 bits per heavy atom. The molecule has 1 aromatic heterocycles. The van der Waals surface area contributed by atoms with Crippen molar-refractivity contribution in [1.82, 2.24) is 0 Å². The molecule has 2 aromatic rings. The molecule has 72 valence electrons. The fourth-order valence-corrected chi connectivity index (χ4v) is 2.27. The van der Waals surface area contributed by atoms with Crippen molar-refractivity contribution in [2.24, 2.45) is 0 Å². The third kappa shape index (κ3) is 1.40. The third-order valence-corrected chi connectivity index (χ3v) is 3.23. The lowest BCUT2D eigenvalue weighted by Crippen LogP contribution is -1.74. The van der Waals surface area contributed by atoms with Crippen molar-refractivity contribution in [3.05, 3.63) is 41.0 Å². The Labute approximate surface area is 85.5 Å². The van der Waals surface area contributed by atoms with Gasteiger partial charge in [-0.15, -0.1) is 11.3 Å². The molecule has 0 saturated heterocycles. The summed E-state index contributed by atoms with van der Waals surface area (Å²) < 4.78 is 13.1. The van der Waals surface area contributed by atoms with Gasteiger partial charge in [0.1, 0.15) is 0 Å². The first-order chi connectivity index (χ1) is 6.70. The van der Waals surface area contributed by atoms with Crippen LogP contribution in [0.25, 0.3) is 10.4 Å². The van der Waals surface area contributed by atoms with Crippen molar-refractivity contribution in [1.29, 1.82) is 0 Å². The van der Waals surface area contributed by atoms with Gasteiger partial charge in [-0.25, -0.2) is 0 Å². The SMILES string of the molecule is Cc1c(-c2ccccc2)sc(F)c1O. The van der Waals surface area contributed by atoms with Crippen molar-refractivity contribution in [3.8, 4) is 16.2 Å². The van der Waals surface area contributed by atoms with Crippen LogP contribution >= 0.6 is 11.3 Å². The van der Waals surface area contributed by atoms with Gasteiger partial charge in [0.05, 0.1) is 0 Å². The van der Waals surface area contributed by atoms with E-state index in [0.29, 0.717) is 5.56 Å². The van der Waals surface area contributed by atoms with Crippen molar-refractivity contribution in [2.75, 3.05) is 0 Å². The summed E-state index contributed by atoms with van der Waals surface area (Å²) in [5.41, 5.74) is 1.55. The summed E-state index contributed by atoms with van der Waals surface area (Å²) in [4.78, 5) is 0.792. The van der Waals surface area contributed by atoms with Gasteiger partial charge in [-0.1, -0.05) is 30.3 Å². The number of rotatable bonds is 1. The van der Waals surface area contributed by atoms with Gasteiger partial charge in [0.2, 0.25) is 5.13 Å². The van der Waals surface area contributed by atoms with E-state index < -0.39 is 5.13 Å². The van der Waals surface area contributed by atoms with Crippen molar-refractivity contribution in [2.45, 2.75) is 6.92 Å². The lowest BCUT2D eigenvalue weighted by Gasteiger charge is -1.97. The zero-order valence-electron chi connectivity index (χ0n) is 7.62. The fraction of sp³-hybridized carbons (Fsp3) is 0.0909. The van der Waals surface area contributed by atoms with Gasteiger partial charge in [-0.3, -0.25) is 0 Å². The van der Waals surface area contributed by atoms with Crippen molar-refractivity contribution < 1.29 is 9.50 Å². The average Bonchev–Trinajstić information content (AvgIpc) is 2.47. The monoisotopic (exact) mass is 208 g/mol. The van der Waals surface area contributed by atoms with Crippen LogP contribution in [0.1, 0.15) is 5.56 Å². The predicted octanol–water partition coefficient (Wildman–Crippen LogP) is 3.57. The highest BCUT2D eigenvalue weighted by Crippen LogP contribution is 2.38. The van der Waals surface area contributed by atoms with Gasteiger partial charge in [0.25, 0.3) is 0 Å². The minimum absolute atomic E-state index is 0.228. The summed E-state index contributed by atoms with van der Waals surface area (Å²) in [6.07, 6.45) is 0. The molecule has 0 amide bonds. The molecular weight excluding hydrogens is 199 g/mol. The van der Waals surface area contributed by atoms with E-state index in [2.05, 4.69) is 0 Å². The normalized spacial score (nSPS) is 10.4. The first kappa shape index (κ1) is 9.21. The van der Waals surface area contributed by atoms with Crippen LogP contribution in [0.4, 0.5) is 4.39 Å². The molecule has 14 heavy (non-hydrogen) atoms. The first-order valence-corrected chi connectivity index (χ1v) is 5.05. The maximum atomic E-state index is 13.1. The second-order valence-electron chi connectivity index (χ2n) is 3.04. The lowest BCUT2D eigenvalue weighted by molar-refractivity contribution is 0.439. The third-order valence-electron chi connectivity index (χ3n) is 2.11. The average molecular weight is 208 g/mol. The minimum atomic E-state index is -0.513. The molecule has 0 radical (unpaired) electrons. The summed E-state index contributed by atoms with van der Waals surface area (Å²) >= 11 is 0.977. The topological polar surface area (TPSA) is 20.2 Å². The number of benzene rings is 1. The standard InChI is InChI=1S/C11H9FOS/c1-7-9(13)11(12)14-10(7)8-5-3-2-4-6-8/h2-6,13H,1H3. The van der Waals surface area contributed by atoms with Crippen LogP contribution < -0.4 is 0 Å². The molecule has 0 bridgehead atoms. The fourth-order valence-electron chi connectivity index (χ4n) is 1.33. The minimum Gasteiger partial charge on any atom is -0.504 e. The second-order valence-corrected chi connectivity index (χ2v) is 4.02. The maximum absolute atomic E-state index is 13.1. The predicted molar refractivity (Wildman–Crippen MR) is 56.1 cm³/mol. The highest BCUT2D eigenvalue weighted by atomic mass is 32.1. The molecule has 1 nitrogen and oxygen atoms in total. The molecule has 0 unspecified atom stereocenters. The highest BCUT2D eigenvalue weighted by Gasteiger charge is 2.14. The van der Waals surface area contributed by atoms with Crippen LogP contribution in [-0.2, 0) is 0 Å². The Balaban J connectivity index is 2.58. The Kier molecular flexibility index (Phi) is 2.25. The summed E-state index contributed by atoms with van der Waals surface area (Å²) in [6.45, 7) is 1.72. The molecule has 0 aliphatic heterocycles. The summed E-state index contributed by atoms with van der Waals surface area (Å²) in [6, 6.07) is 9.49. The lowest BCUT2D eigenvalue weighted by atomic mass is 10.1. The van der Waals surface area contributed by atoms with E-state index in [1.165, 1.54) is 0 Å². The smallest absolute Gasteiger partial charge is 0.219 e. The summed E-state index contributed by atoms with van der Waals surface area (Å²) in [5.74, 6) is -0.228. The number of aromatic hydroxyl groups is 1. The molecule has 1 heterocycles. The second kappa shape index (κ2) is 3.42. The van der Waals surface area contributed by atoms with E-state index >= 15 is 0 Å². The van der Waals surface area contributed by atoms with Crippen LogP contribution in [0.2, 0.25) is 0 Å². The van der Waals surface area contributed by atoms with E-state index in [-0.39, 0.29) is 5.75 Å². The highest BCUT2D eigenvalue weighted by molar-refractivity contribution is 7.14. The molecule has 2 rings (SSSR count). The number of hydrogen-bond donors (Lipinski definition) is 1. The van der Waals surface area contributed by atoms with Crippen LogP contribution in [-0.4, -0.2) is 5.11 Å². The van der Waals surface area contributed by atoms with Gasteiger partial charge < -0.3 is 5.11 Å². The van der Waals surface area contributed by atoms with Crippen molar-refractivity contribution in [3.63, 3.8) is 0 Å². The van der Waals surface area contributed by atoms with Gasteiger partial charge >= 0.3 is 0 Å². The Morgan fingerprint density at radius 2 is 1.86 bits per heavy atom. The molecular formula is C11H9FOS. The van der Waals surface area contributed by atoms with Gasteiger partial charge in [0, 0.05) is 10.4 Å². The molecule has 3 heteroatoms. The van der Waals surface area contributed by atoms with Crippen LogP contribution in [0, 0.1) is 12.1 Å². The quantitative estimate of drug-likeness (QED) is 0.759. The van der Waals surface area contributed by atoms with Gasteiger partial charge in [-0.2, -0.15) is 4.39 Å². The Hall–Kier alpha value is -1.35. The molecule has 0 atom stereocenters. The van der Waals surface area contributed by atoms with Crippen LogP contribution in [0.5, 0.6) is 5.75 Å². The Morgan fingerprint density at radius 3 is 2.36 bits per heavy atom. The molecule has 0 spiro atoms. The van der Waals surface area contributed by atoms with E-state index in [9.17, 15) is 9.50 Å². The van der Waals surface area contributed by atoms with Gasteiger partial charge in [-0.05, 0) is 12.5 Å². The van der Waals surface area contributed by atoms with Crippen molar-refractivity contribution >= 4 is 11.3 Å². The maximum Gasteiger partial charge on any atom is 0.219 e. The number of hydrogen-bond acceptors (Lipinski definition) is 2. The molecule has 0 aliphatic rings. The van der Waals surface area contributed by atoms with E-state index in [4.69, 9.17) is 0 Å². The Bertz CT molecular complexity index is 448. The van der Waals surface area contributed by atoms with Gasteiger partial charge in [0.15, 0.2) is 5.75 Å². The number of halogens is 1.